The van der Waals surface area contributed by atoms with Crippen LogP contribution in [-0.2, 0) is 11.3 Å². The van der Waals surface area contributed by atoms with E-state index in [9.17, 15) is 0 Å². The lowest BCUT2D eigenvalue weighted by Gasteiger charge is -2.34. The van der Waals surface area contributed by atoms with Crippen molar-refractivity contribution in [3.05, 3.63) is 24.2 Å². The van der Waals surface area contributed by atoms with E-state index in [2.05, 4.69) is 33.9 Å². The Labute approximate surface area is 135 Å². The molecular weight excluding hydrogens is 296 g/mol. The molecule has 23 heavy (non-hydrogen) atoms. The lowest BCUT2D eigenvalue weighted by molar-refractivity contribution is -0.0725. The normalized spacial score (nSPS) is 22.2. The number of hydrogen-bond donors (Lipinski definition) is 0. The van der Waals surface area contributed by atoms with Gasteiger partial charge in [-0.1, -0.05) is 5.16 Å². The lowest BCUT2D eigenvalue weighted by atomic mass is 10.2. The van der Waals surface area contributed by atoms with E-state index in [1.54, 1.807) is 6.20 Å². The molecule has 1 aliphatic rings. The van der Waals surface area contributed by atoms with Crippen molar-refractivity contribution in [2.24, 2.45) is 0 Å². The van der Waals surface area contributed by atoms with Crippen LogP contribution in [0.4, 0.5) is 0 Å². The largest absolute Gasteiger partial charge is 0.477 e. The van der Waals surface area contributed by atoms with Gasteiger partial charge in [-0.3, -0.25) is 4.90 Å². The van der Waals surface area contributed by atoms with Gasteiger partial charge in [0.25, 0.3) is 0 Å². The Morgan fingerprint density at radius 1 is 1.30 bits per heavy atom. The second kappa shape index (κ2) is 7.06. The summed E-state index contributed by atoms with van der Waals surface area (Å²) in [5, 5.41) is 4.07. The Kier molecular flexibility index (Phi) is 4.88. The van der Waals surface area contributed by atoms with E-state index in [0.717, 1.165) is 18.7 Å². The van der Waals surface area contributed by atoms with Gasteiger partial charge in [-0.25, -0.2) is 4.98 Å². The number of aromatic nitrogens is 3. The van der Waals surface area contributed by atoms with Gasteiger partial charge in [0, 0.05) is 19.3 Å². The average molecular weight is 318 g/mol. The van der Waals surface area contributed by atoms with Gasteiger partial charge in [0.2, 0.25) is 17.6 Å². The first-order valence-corrected chi connectivity index (χ1v) is 7.94. The van der Waals surface area contributed by atoms with Crippen molar-refractivity contribution < 1.29 is 14.0 Å². The molecule has 3 heterocycles. The Morgan fingerprint density at radius 2 is 2.09 bits per heavy atom. The van der Waals surface area contributed by atoms with Gasteiger partial charge in [0.05, 0.1) is 30.9 Å². The van der Waals surface area contributed by atoms with Gasteiger partial charge < -0.3 is 14.0 Å². The summed E-state index contributed by atoms with van der Waals surface area (Å²) in [5.41, 5.74) is 0.744. The molecule has 0 amide bonds. The fourth-order valence-corrected chi connectivity index (χ4v) is 2.85. The fourth-order valence-electron chi connectivity index (χ4n) is 2.85. The van der Waals surface area contributed by atoms with E-state index in [-0.39, 0.29) is 12.2 Å². The summed E-state index contributed by atoms with van der Waals surface area (Å²) in [6, 6.07) is 3.71. The van der Waals surface area contributed by atoms with Crippen molar-refractivity contribution in [2.45, 2.75) is 39.5 Å². The number of nitrogens with zero attached hydrogens (tertiary/aromatic N) is 4. The molecule has 2 aromatic rings. The van der Waals surface area contributed by atoms with Gasteiger partial charge in [0.15, 0.2) is 0 Å². The number of pyridine rings is 1. The maximum absolute atomic E-state index is 5.74. The van der Waals surface area contributed by atoms with Crippen LogP contribution in [0.1, 0.15) is 26.7 Å². The van der Waals surface area contributed by atoms with E-state index in [1.807, 2.05) is 19.1 Å². The highest BCUT2D eigenvalue weighted by atomic mass is 16.5. The van der Waals surface area contributed by atoms with Gasteiger partial charge >= 0.3 is 0 Å². The molecule has 124 valence electrons. The molecule has 0 aliphatic carbocycles. The third-order valence-electron chi connectivity index (χ3n) is 3.62. The summed E-state index contributed by atoms with van der Waals surface area (Å²) in [4.78, 5) is 11.0. The third-order valence-corrected chi connectivity index (χ3v) is 3.62. The predicted molar refractivity (Wildman–Crippen MR) is 84.0 cm³/mol. The van der Waals surface area contributed by atoms with E-state index in [4.69, 9.17) is 14.0 Å². The summed E-state index contributed by atoms with van der Waals surface area (Å²) in [7, 11) is 0. The number of morpholine rings is 1. The zero-order valence-corrected chi connectivity index (χ0v) is 13.7. The maximum Gasteiger partial charge on any atom is 0.241 e. The highest BCUT2D eigenvalue weighted by Gasteiger charge is 2.24. The van der Waals surface area contributed by atoms with Crippen molar-refractivity contribution in [1.82, 2.24) is 20.0 Å². The van der Waals surface area contributed by atoms with Crippen LogP contribution in [0.25, 0.3) is 11.4 Å². The number of rotatable bonds is 5. The highest BCUT2D eigenvalue weighted by Crippen LogP contribution is 2.25. The Balaban J connectivity index is 1.73. The minimum atomic E-state index is 0.212. The first kappa shape index (κ1) is 15.9. The van der Waals surface area contributed by atoms with E-state index in [1.165, 1.54) is 0 Å². The second-order valence-electron chi connectivity index (χ2n) is 5.75. The Bertz CT molecular complexity index is 636. The molecule has 7 heteroatoms. The van der Waals surface area contributed by atoms with Crippen LogP contribution in [0.2, 0.25) is 0 Å². The third kappa shape index (κ3) is 3.86. The van der Waals surface area contributed by atoms with Crippen LogP contribution in [0.5, 0.6) is 5.88 Å². The van der Waals surface area contributed by atoms with E-state index >= 15 is 0 Å². The molecule has 2 atom stereocenters. The molecule has 0 aromatic carbocycles. The predicted octanol–water partition coefficient (Wildman–Crippen LogP) is 2.14. The van der Waals surface area contributed by atoms with Crippen LogP contribution in [0, 0.1) is 0 Å². The van der Waals surface area contributed by atoms with Crippen LogP contribution >= 0.6 is 0 Å². The molecule has 2 unspecified atom stereocenters. The van der Waals surface area contributed by atoms with Crippen molar-refractivity contribution in [3.8, 4) is 17.3 Å². The maximum atomic E-state index is 5.74. The zero-order valence-electron chi connectivity index (χ0n) is 13.7. The molecule has 0 N–H and O–H groups in total. The minimum Gasteiger partial charge on any atom is -0.477 e. The monoisotopic (exact) mass is 318 g/mol. The SMILES string of the molecule is CCOc1ncccc1-c1noc(CN2CC(C)OC(C)C2)n1. The van der Waals surface area contributed by atoms with Gasteiger partial charge in [0.1, 0.15) is 0 Å². The summed E-state index contributed by atoms with van der Waals surface area (Å²) in [6.45, 7) is 8.95. The molecule has 1 saturated heterocycles. The molecular formula is C16H22N4O3. The van der Waals surface area contributed by atoms with E-state index < -0.39 is 0 Å². The lowest BCUT2D eigenvalue weighted by Crippen LogP contribution is -2.44. The van der Waals surface area contributed by atoms with Crippen molar-refractivity contribution in [1.29, 1.82) is 0 Å². The number of hydrogen-bond acceptors (Lipinski definition) is 7. The fraction of sp³-hybridized carbons (Fsp3) is 0.562. The number of ether oxygens (including phenoxy) is 2. The smallest absolute Gasteiger partial charge is 0.241 e. The van der Waals surface area contributed by atoms with Crippen LogP contribution in [0.3, 0.4) is 0 Å². The summed E-state index contributed by atoms with van der Waals surface area (Å²) >= 11 is 0. The molecule has 2 aromatic heterocycles. The molecule has 1 aliphatic heterocycles. The van der Waals surface area contributed by atoms with Crippen molar-refractivity contribution in [2.75, 3.05) is 19.7 Å². The van der Waals surface area contributed by atoms with Gasteiger partial charge in [-0.15, -0.1) is 0 Å². The van der Waals surface area contributed by atoms with Crippen molar-refractivity contribution >= 4 is 0 Å². The van der Waals surface area contributed by atoms with Crippen LogP contribution in [-0.4, -0.2) is 51.9 Å². The standard InChI is InChI=1S/C16H22N4O3/c1-4-21-16-13(6-5-7-17-16)15-18-14(23-19-15)10-20-8-11(2)22-12(3)9-20/h5-7,11-12H,4,8-10H2,1-3H3. The average Bonchev–Trinajstić information content (AvgIpc) is 2.95. The molecule has 0 spiro atoms. The molecule has 0 bridgehead atoms. The second-order valence-corrected chi connectivity index (χ2v) is 5.75. The quantitative estimate of drug-likeness (QED) is 0.836. The van der Waals surface area contributed by atoms with Crippen LogP contribution < -0.4 is 4.74 Å². The topological polar surface area (TPSA) is 73.5 Å². The first-order valence-electron chi connectivity index (χ1n) is 7.94. The van der Waals surface area contributed by atoms with E-state index in [0.29, 0.717) is 30.7 Å². The first-order chi connectivity index (χ1) is 11.2. The highest BCUT2D eigenvalue weighted by molar-refractivity contribution is 5.60. The minimum absolute atomic E-state index is 0.212. The summed E-state index contributed by atoms with van der Waals surface area (Å²) in [5.74, 6) is 1.62. The molecule has 0 saturated carbocycles. The zero-order chi connectivity index (χ0) is 16.2. The van der Waals surface area contributed by atoms with Gasteiger partial charge in [-0.05, 0) is 32.9 Å². The molecule has 7 nitrogen and oxygen atoms in total. The Hall–Kier alpha value is -1.99. The summed E-state index contributed by atoms with van der Waals surface area (Å²) < 4.78 is 16.7. The molecule has 1 fully saturated rings. The van der Waals surface area contributed by atoms with Gasteiger partial charge in [-0.2, -0.15) is 4.98 Å². The van der Waals surface area contributed by atoms with Crippen LogP contribution in [0.15, 0.2) is 22.9 Å². The summed E-state index contributed by atoms with van der Waals surface area (Å²) in [6.07, 6.45) is 2.11. The Morgan fingerprint density at radius 3 is 2.83 bits per heavy atom. The van der Waals surface area contributed by atoms with Crippen molar-refractivity contribution in [3.63, 3.8) is 0 Å². The molecule has 0 radical (unpaired) electrons. The molecule has 3 rings (SSSR count).